The van der Waals surface area contributed by atoms with Crippen molar-refractivity contribution in [3.8, 4) is 22.1 Å². The van der Waals surface area contributed by atoms with Crippen LogP contribution in [0.1, 0.15) is 36.8 Å². The third kappa shape index (κ3) is 4.61. The summed E-state index contributed by atoms with van der Waals surface area (Å²) in [5.74, 6) is -5.89. The third-order valence-electron chi connectivity index (χ3n) is 11.3. The number of primary amides is 1. The quantitative estimate of drug-likeness (QED) is 0.146. The molecule has 8 rings (SSSR count). The number of ether oxygens (including phenoxy) is 1. The summed E-state index contributed by atoms with van der Waals surface area (Å²) in [6, 6.07) is 9.67. The number of carbonyl (C=O) groups is 5. The van der Waals surface area contributed by atoms with Gasteiger partial charge < -0.3 is 15.6 Å². The molecule has 262 valence electrons. The first-order chi connectivity index (χ1) is 24.2. The van der Waals surface area contributed by atoms with Gasteiger partial charge in [0.15, 0.2) is 11.5 Å². The van der Waals surface area contributed by atoms with E-state index in [0.717, 1.165) is 26.1 Å². The van der Waals surface area contributed by atoms with Gasteiger partial charge in [-0.1, -0.05) is 23.3 Å². The lowest BCUT2D eigenvalue weighted by Crippen LogP contribution is -2.49. The van der Waals surface area contributed by atoms with Crippen LogP contribution in [0.15, 0.2) is 48.0 Å². The number of phenols is 1. The Kier molecular flexibility index (Phi) is 7.71. The maximum Gasteiger partial charge on any atom is 0.328 e. The maximum atomic E-state index is 15.0. The Morgan fingerprint density at radius 2 is 1.86 bits per heavy atom. The van der Waals surface area contributed by atoms with Crippen LogP contribution in [0, 0.1) is 39.6 Å². The van der Waals surface area contributed by atoms with E-state index in [1.807, 2.05) is 53.8 Å². The van der Waals surface area contributed by atoms with Crippen LogP contribution >= 0.6 is 45.5 Å². The molecule has 6 atom stereocenters. The minimum Gasteiger partial charge on any atom is -0.504 e. The summed E-state index contributed by atoms with van der Waals surface area (Å²) in [5.41, 5.74) is 7.03. The number of aromatic hydroxyl groups is 1. The molecule has 2 aromatic carbocycles. The minimum atomic E-state index is -1.35. The summed E-state index contributed by atoms with van der Waals surface area (Å²) in [6.07, 6.45) is 2.13. The lowest BCUT2D eigenvalue weighted by molar-refractivity contribution is -0.136. The summed E-state index contributed by atoms with van der Waals surface area (Å²) in [4.78, 5) is 71.6. The Balaban J connectivity index is 1.27. The number of benzene rings is 2. The number of likely N-dealkylation sites (tertiary alicyclic amines) is 1. The lowest BCUT2D eigenvalue weighted by atomic mass is 9.51. The number of phenolic OH excluding ortho intramolecular Hbond substituents is 1. The number of hydrogen-bond donors (Lipinski definition) is 2. The van der Waals surface area contributed by atoms with E-state index in [2.05, 4.69) is 0 Å². The number of urea groups is 1. The monoisotopic (exact) mass is 839 g/mol. The average Bonchev–Trinajstić information content (AvgIpc) is 3.76. The van der Waals surface area contributed by atoms with Crippen LogP contribution in [0.4, 0.5) is 10.6 Å². The number of hydrogen-bond acceptors (Lipinski definition) is 9. The molecular weight excluding hydrogens is 809 g/mol. The highest BCUT2D eigenvalue weighted by Gasteiger charge is 2.68. The molecule has 0 spiro atoms. The zero-order valence-electron chi connectivity index (χ0n) is 27.8. The maximum absolute atomic E-state index is 15.0. The van der Waals surface area contributed by atoms with Crippen LogP contribution in [0.25, 0.3) is 20.7 Å². The number of methoxy groups -OCH3 is 1. The van der Waals surface area contributed by atoms with Gasteiger partial charge in [0, 0.05) is 28.8 Å². The van der Waals surface area contributed by atoms with Gasteiger partial charge in [-0.25, -0.2) is 9.69 Å². The van der Waals surface area contributed by atoms with E-state index in [1.165, 1.54) is 28.0 Å². The highest BCUT2D eigenvalue weighted by molar-refractivity contribution is 14.1. The number of amides is 6. The standard InChI is InChI=1S/C36H31ClIN5O7S/c1-14-19-11-16(37)5-8-25(19)51-30(14)23-13-26(41(3)40-23)42-32(46)21-12-20-17(6-7-18-27(20)33(47)43(31(18)45)35(39)49)28(36(21,2)34(42)48)15-9-22(38)29(44)24(10-15)50-4/h5-6,8-11,13,18,20-21,27-28,44H,7,12H2,1-4H3,(H2,39,49)/t18-,20+,21-,27-,28-,36+/m0/s1. The van der Waals surface area contributed by atoms with Crippen molar-refractivity contribution in [2.75, 3.05) is 12.0 Å². The summed E-state index contributed by atoms with van der Waals surface area (Å²) in [5, 5.41) is 17.1. The number of thiophene rings is 1. The van der Waals surface area contributed by atoms with Gasteiger partial charge in [0.05, 0.1) is 38.7 Å². The SMILES string of the molecule is COc1cc([C@H]2C3=CC[C@@H]4C(=O)N(C(N)=O)C(=O)[C@@H]4[C@@H]3C[C@H]3C(=O)N(c4cc(-c5sc6ccc(Cl)cc6c5C)nn4C)C(=O)[C@@]23C)cc(I)c1O. The molecule has 12 nitrogen and oxygen atoms in total. The molecule has 3 fully saturated rings. The van der Waals surface area contributed by atoms with Crippen molar-refractivity contribution < 1.29 is 33.8 Å². The molecule has 0 unspecified atom stereocenters. The van der Waals surface area contributed by atoms with Gasteiger partial charge in [0.25, 0.3) is 0 Å². The van der Waals surface area contributed by atoms with Crippen LogP contribution < -0.4 is 15.4 Å². The van der Waals surface area contributed by atoms with Crippen molar-refractivity contribution >= 4 is 91.1 Å². The van der Waals surface area contributed by atoms with Crippen molar-refractivity contribution in [2.24, 2.45) is 41.9 Å². The molecule has 51 heavy (non-hydrogen) atoms. The van der Waals surface area contributed by atoms with Gasteiger partial charge in [-0.2, -0.15) is 10.00 Å². The number of allylic oxidation sites excluding steroid dienone is 2. The molecule has 15 heteroatoms. The normalized spacial score (nSPS) is 27.2. The van der Waals surface area contributed by atoms with Gasteiger partial charge in [0.1, 0.15) is 11.5 Å². The Labute approximate surface area is 314 Å². The Morgan fingerprint density at radius 3 is 2.57 bits per heavy atom. The zero-order valence-corrected chi connectivity index (χ0v) is 31.5. The van der Waals surface area contributed by atoms with E-state index in [0.29, 0.717) is 30.6 Å². The molecule has 3 N–H and O–H groups in total. The summed E-state index contributed by atoms with van der Waals surface area (Å²) in [7, 11) is 3.11. The fourth-order valence-corrected chi connectivity index (χ4v) is 10.9. The molecule has 2 aliphatic carbocycles. The highest BCUT2D eigenvalue weighted by Crippen LogP contribution is 2.64. The van der Waals surface area contributed by atoms with Crippen molar-refractivity contribution in [2.45, 2.75) is 32.6 Å². The number of fused-ring (bicyclic) bond motifs is 5. The van der Waals surface area contributed by atoms with Crippen LogP contribution in [0.2, 0.25) is 5.02 Å². The molecule has 2 aromatic heterocycles. The molecule has 4 heterocycles. The van der Waals surface area contributed by atoms with Gasteiger partial charge in [-0.15, -0.1) is 11.3 Å². The van der Waals surface area contributed by atoms with Crippen LogP contribution in [-0.4, -0.2) is 56.6 Å². The minimum absolute atomic E-state index is 0.0704. The van der Waals surface area contributed by atoms with Gasteiger partial charge in [-0.05, 0) is 102 Å². The Bertz CT molecular complexity index is 2320. The summed E-state index contributed by atoms with van der Waals surface area (Å²) >= 11 is 9.81. The smallest absolute Gasteiger partial charge is 0.328 e. The number of nitrogens with two attached hydrogens (primary N) is 1. The van der Waals surface area contributed by atoms with Gasteiger partial charge in [-0.3, -0.25) is 23.9 Å². The molecule has 1 saturated carbocycles. The zero-order chi connectivity index (χ0) is 36.4. The molecule has 6 amide bonds. The molecular formula is C36H31ClIN5O7S. The summed E-state index contributed by atoms with van der Waals surface area (Å²) in [6.45, 7) is 3.75. The molecule has 4 aromatic rings. The van der Waals surface area contributed by atoms with E-state index in [9.17, 15) is 24.3 Å². The second kappa shape index (κ2) is 11.6. The third-order valence-corrected chi connectivity index (χ3v) is 13.7. The van der Waals surface area contributed by atoms with Crippen molar-refractivity contribution in [1.29, 1.82) is 0 Å². The number of aryl methyl sites for hydroxylation is 2. The second-order valence-corrected chi connectivity index (χ2v) is 16.4. The summed E-state index contributed by atoms with van der Waals surface area (Å²) < 4.78 is 8.52. The predicted molar refractivity (Wildman–Crippen MR) is 197 cm³/mol. The number of rotatable bonds is 4. The molecule has 0 radical (unpaired) electrons. The number of carbonyl (C=O) groups excluding carboxylic acids is 5. The topological polar surface area (TPSA) is 165 Å². The first-order valence-electron chi connectivity index (χ1n) is 16.2. The number of halogens is 2. The van der Waals surface area contributed by atoms with E-state index < -0.39 is 64.7 Å². The Hall–Kier alpha value is -4.28. The predicted octanol–water partition coefficient (Wildman–Crippen LogP) is 5.89. The Morgan fingerprint density at radius 1 is 1.12 bits per heavy atom. The van der Waals surface area contributed by atoms with E-state index in [1.54, 1.807) is 32.2 Å². The fraction of sp³-hybridized carbons (Fsp3) is 0.333. The van der Waals surface area contributed by atoms with Crippen LogP contribution in [0.3, 0.4) is 0 Å². The first-order valence-corrected chi connectivity index (χ1v) is 18.5. The van der Waals surface area contributed by atoms with Crippen molar-refractivity contribution in [1.82, 2.24) is 14.7 Å². The van der Waals surface area contributed by atoms with Gasteiger partial charge in [0.2, 0.25) is 23.6 Å². The number of nitrogens with zero attached hydrogens (tertiary/aromatic N) is 4. The van der Waals surface area contributed by atoms with Crippen LogP contribution in [0.5, 0.6) is 11.5 Å². The lowest BCUT2D eigenvalue weighted by Gasteiger charge is -2.49. The van der Waals surface area contributed by atoms with Crippen molar-refractivity contribution in [3.05, 3.63) is 67.8 Å². The van der Waals surface area contributed by atoms with E-state index in [4.69, 9.17) is 27.2 Å². The average molecular weight is 840 g/mol. The fourth-order valence-electron chi connectivity index (χ4n) is 8.96. The molecule has 0 bridgehead atoms. The highest BCUT2D eigenvalue weighted by atomic mass is 127. The van der Waals surface area contributed by atoms with Gasteiger partial charge >= 0.3 is 6.03 Å². The first kappa shape index (κ1) is 33.8. The van der Waals surface area contributed by atoms with Crippen molar-refractivity contribution in [3.63, 3.8) is 0 Å². The van der Waals surface area contributed by atoms with Crippen LogP contribution in [-0.2, 0) is 26.2 Å². The molecule has 2 saturated heterocycles. The number of anilines is 1. The van der Waals surface area contributed by atoms with E-state index >= 15 is 4.79 Å². The second-order valence-electron chi connectivity index (χ2n) is 13.8. The van der Waals surface area contributed by atoms with E-state index in [-0.39, 0.29) is 24.3 Å². The molecule has 4 aliphatic rings. The largest absolute Gasteiger partial charge is 0.504 e. The molecule has 2 aliphatic heterocycles. The number of aromatic nitrogens is 2. The number of imide groups is 4.